The largest absolute Gasteiger partial charge is 0.493 e. The molecule has 0 saturated heterocycles. The highest BCUT2D eigenvalue weighted by Gasteiger charge is 2.07. The minimum atomic E-state index is 0.656. The summed E-state index contributed by atoms with van der Waals surface area (Å²) in [6, 6.07) is 6.05. The minimum absolute atomic E-state index is 0.656. The van der Waals surface area contributed by atoms with E-state index in [0.717, 1.165) is 62.0 Å². The van der Waals surface area contributed by atoms with Gasteiger partial charge in [0, 0.05) is 26.7 Å². The van der Waals surface area contributed by atoms with E-state index in [9.17, 15) is 0 Å². The number of methoxy groups -OCH3 is 1. The molecule has 0 spiro atoms. The van der Waals surface area contributed by atoms with Gasteiger partial charge in [0.2, 0.25) is 0 Å². The highest BCUT2D eigenvalue weighted by Crippen LogP contribution is 2.28. The molecule has 0 aliphatic carbocycles. The van der Waals surface area contributed by atoms with Crippen molar-refractivity contribution < 1.29 is 9.47 Å². The number of aliphatic imine (C=N–C) groups is 1. The Labute approximate surface area is 159 Å². The lowest BCUT2D eigenvalue weighted by molar-refractivity contribution is 0.217. The number of nitrogens with one attached hydrogen (secondary N) is 2. The Bertz CT molecular complexity index is 531. The second kappa shape index (κ2) is 13.3. The van der Waals surface area contributed by atoms with Gasteiger partial charge in [0.15, 0.2) is 17.5 Å². The Morgan fingerprint density at radius 2 is 1.88 bits per heavy atom. The van der Waals surface area contributed by atoms with E-state index in [4.69, 9.17) is 9.47 Å². The molecule has 0 heterocycles. The summed E-state index contributed by atoms with van der Waals surface area (Å²) in [4.78, 5) is 6.58. The van der Waals surface area contributed by atoms with Crippen molar-refractivity contribution in [2.45, 2.75) is 40.2 Å². The number of guanidine groups is 1. The number of rotatable bonds is 12. The number of benzene rings is 1. The van der Waals surface area contributed by atoms with E-state index in [2.05, 4.69) is 47.4 Å². The van der Waals surface area contributed by atoms with Crippen LogP contribution in [-0.4, -0.2) is 57.8 Å². The van der Waals surface area contributed by atoms with Gasteiger partial charge in [0.05, 0.1) is 7.11 Å². The first-order chi connectivity index (χ1) is 12.7. The molecule has 0 unspecified atom stereocenters. The van der Waals surface area contributed by atoms with Crippen LogP contribution >= 0.6 is 0 Å². The molecule has 26 heavy (non-hydrogen) atoms. The molecule has 0 amide bonds. The second-order valence-corrected chi connectivity index (χ2v) is 6.07. The fourth-order valence-corrected chi connectivity index (χ4v) is 2.56. The lowest BCUT2D eigenvalue weighted by Gasteiger charge is -2.19. The van der Waals surface area contributed by atoms with Crippen molar-refractivity contribution in [2.75, 3.05) is 46.9 Å². The summed E-state index contributed by atoms with van der Waals surface area (Å²) >= 11 is 0. The predicted octanol–water partition coefficient (Wildman–Crippen LogP) is 2.88. The molecule has 1 aromatic rings. The molecule has 0 saturated carbocycles. The monoisotopic (exact) mass is 364 g/mol. The Balaban J connectivity index is 2.56. The summed E-state index contributed by atoms with van der Waals surface area (Å²) in [5.74, 6) is 2.36. The highest BCUT2D eigenvalue weighted by molar-refractivity contribution is 5.79. The quantitative estimate of drug-likeness (QED) is 0.339. The summed E-state index contributed by atoms with van der Waals surface area (Å²) in [5, 5.41) is 6.63. The van der Waals surface area contributed by atoms with Gasteiger partial charge in [-0.05, 0) is 37.2 Å². The van der Waals surface area contributed by atoms with Crippen molar-refractivity contribution in [3.05, 3.63) is 23.8 Å². The van der Waals surface area contributed by atoms with Crippen LogP contribution in [0.15, 0.2) is 23.2 Å². The van der Waals surface area contributed by atoms with Crippen LogP contribution in [-0.2, 0) is 6.54 Å². The number of hydrogen-bond donors (Lipinski definition) is 2. The average molecular weight is 365 g/mol. The number of unbranched alkanes of at least 4 members (excludes halogenated alkanes) is 1. The summed E-state index contributed by atoms with van der Waals surface area (Å²) in [7, 11) is 3.46. The summed E-state index contributed by atoms with van der Waals surface area (Å²) < 4.78 is 11.4. The van der Waals surface area contributed by atoms with Crippen molar-refractivity contribution in [1.82, 2.24) is 15.5 Å². The van der Waals surface area contributed by atoms with Crippen LogP contribution in [0.4, 0.5) is 0 Å². The Hall–Kier alpha value is -1.95. The molecule has 6 nitrogen and oxygen atoms in total. The molecule has 0 bridgehead atoms. The molecule has 148 valence electrons. The van der Waals surface area contributed by atoms with Crippen molar-refractivity contribution >= 4 is 5.96 Å². The van der Waals surface area contributed by atoms with Crippen LogP contribution in [0.25, 0.3) is 0 Å². The standard InChI is InChI=1S/C20H36N4O2/c1-6-9-12-22-20(21-4)23-16-17-10-11-18(19(15-17)25-5)26-14-13-24(7-2)8-3/h10-11,15H,6-9,12-14,16H2,1-5H3,(H2,21,22,23). The zero-order valence-electron chi connectivity index (χ0n) is 17.1. The van der Waals surface area contributed by atoms with Gasteiger partial charge >= 0.3 is 0 Å². The average Bonchev–Trinajstić information content (AvgIpc) is 2.68. The van der Waals surface area contributed by atoms with Crippen molar-refractivity contribution in [3.8, 4) is 11.5 Å². The fourth-order valence-electron chi connectivity index (χ4n) is 2.56. The predicted molar refractivity (Wildman–Crippen MR) is 109 cm³/mol. The molecular formula is C20H36N4O2. The minimum Gasteiger partial charge on any atom is -0.493 e. The lowest BCUT2D eigenvalue weighted by Crippen LogP contribution is -2.37. The van der Waals surface area contributed by atoms with Crippen LogP contribution in [0.5, 0.6) is 11.5 Å². The smallest absolute Gasteiger partial charge is 0.191 e. The van der Waals surface area contributed by atoms with Gasteiger partial charge in [-0.25, -0.2) is 0 Å². The van der Waals surface area contributed by atoms with Crippen LogP contribution in [0.2, 0.25) is 0 Å². The van der Waals surface area contributed by atoms with E-state index in [1.54, 1.807) is 14.2 Å². The van der Waals surface area contributed by atoms with Gasteiger partial charge < -0.3 is 25.0 Å². The normalized spacial score (nSPS) is 11.5. The Kier molecular flexibility index (Phi) is 11.3. The zero-order chi connectivity index (χ0) is 19.2. The summed E-state index contributed by atoms with van der Waals surface area (Å²) in [6.07, 6.45) is 2.30. The van der Waals surface area contributed by atoms with Gasteiger partial charge in [-0.3, -0.25) is 4.99 Å². The molecule has 0 aliphatic rings. The zero-order valence-corrected chi connectivity index (χ0v) is 17.1. The topological polar surface area (TPSA) is 58.1 Å². The maximum absolute atomic E-state index is 5.91. The van der Waals surface area contributed by atoms with Crippen LogP contribution in [0, 0.1) is 0 Å². The molecule has 0 radical (unpaired) electrons. The summed E-state index contributed by atoms with van der Waals surface area (Å²) in [5.41, 5.74) is 1.12. The molecule has 0 aliphatic heterocycles. The number of hydrogen-bond acceptors (Lipinski definition) is 4. The molecule has 1 rings (SSSR count). The number of ether oxygens (including phenoxy) is 2. The number of likely N-dealkylation sites (N-methyl/N-ethyl adjacent to an activating group) is 1. The Morgan fingerprint density at radius 3 is 2.50 bits per heavy atom. The first-order valence-electron chi connectivity index (χ1n) is 9.64. The van der Waals surface area contributed by atoms with Crippen LogP contribution in [0.1, 0.15) is 39.2 Å². The molecular weight excluding hydrogens is 328 g/mol. The van der Waals surface area contributed by atoms with Crippen molar-refractivity contribution in [1.29, 1.82) is 0 Å². The number of nitrogens with zero attached hydrogens (tertiary/aromatic N) is 2. The first kappa shape index (κ1) is 22.1. The van der Waals surface area contributed by atoms with E-state index < -0.39 is 0 Å². The van der Waals surface area contributed by atoms with Gasteiger partial charge in [-0.2, -0.15) is 0 Å². The summed E-state index contributed by atoms with van der Waals surface area (Å²) in [6.45, 7) is 11.8. The van der Waals surface area contributed by atoms with E-state index in [1.165, 1.54) is 0 Å². The van der Waals surface area contributed by atoms with Gasteiger partial charge in [-0.1, -0.05) is 33.3 Å². The van der Waals surface area contributed by atoms with Gasteiger partial charge in [0.1, 0.15) is 6.61 Å². The van der Waals surface area contributed by atoms with E-state index in [0.29, 0.717) is 13.2 Å². The molecule has 2 N–H and O–H groups in total. The van der Waals surface area contributed by atoms with Crippen LogP contribution in [0.3, 0.4) is 0 Å². The van der Waals surface area contributed by atoms with Gasteiger partial charge in [0.25, 0.3) is 0 Å². The first-order valence-corrected chi connectivity index (χ1v) is 9.64. The fraction of sp³-hybridized carbons (Fsp3) is 0.650. The van der Waals surface area contributed by atoms with Gasteiger partial charge in [-0.15, -0.1) is 0 Å². The molecule has 0 aromatic heterocycles. The molecule has 0 atom stereocenters. The maximum atomic E-state index is 5.91. The molecule has 0 fully saturated rings. The lowest BCUT2D eigenvalue weighted by atomic mass is 10.2. The Morgan fingerprint density at radius 1 is 1.12 bits per heavy atom. The van der Waals surface area contributed by atoms with E-state index in [-0.39, 0.29) is 0 Å². The third-order valence-corrected chi connectivity index (χ3v) is 4.29. The SMILES string of the molecule is CCCCNC(=NC)NCc1ccc(OCCN(CC)CC)c(OC)c1. The highest BCUT2D eigenvalue weighted by atomic mass is 16.5. The van der Waals surface area contributed by atoms with E-state index >= 15 is 0 Å². The third-order valence-electron chi connectivity index (χ3n) is 4.29. The third kappa shape index (κ3) is 7.95. The molecule has 6 heteroatoms. The molecule has 1 aromatic carbocycles. The van der Waals surface area contributed by atoms with E-state index in [1.807, 2.05) is 12.1 Å². The maximum Gasteiger partial charge on any atom is 0.191 e. The van der Waals surface area contributed by atoms with Crippen molar-refractivity contribution in [3.63, 3.8) is 0 Å². The second-order valence-electron chi connectivity index (χ2n) is 6.07. The van der Waals surface area contributed by atoms with Crippen LogP contribution < -0.4 is 20.1 Å². The van der Waals surface area contributed by atoms with Crippen molar-refractivity contribution in [2.24, 2.45) is 4.99 Å².